The van der Waals surface area contributed by atoms with Gasteiger partial charge >= 0.3 is 11.2 Å². The van der Waals surface area contributed by atoms with Crippen LogP contribution in [0.1, 0.15) is 16.8 Å². The number of aromatic hydroxyl groups is 1. The highest BCUT2D eigenvalue weighted by atomic mass is 32.2. The van der Waals surface area contributed by atoms with E-state index >= 15 is 0 Å². The standard InChI is InChI=1S/C22H18F3N3O2S/c1-13-3-8-18-15(9-10-26-19(18)11-13)12-27-14(2)20(29)28(21(27)30)16-4-6-17(7-5-16)31-22(23,24)25/h3-11,29H,12H2,1-2H3. The Labute approximate surface area is 179 Å². The fourth-order valence-electron chi connectivity index (χ4n) is 3.48. The lowest BCUT2D eigenvalue weighted by Crippen LogP contribution is -2.24. The topological polar surface area (TPSA) is 60.0 Å². The zero-order valence-electron chi connectivity index (χ0n) is 16.6. The van der Waals surface area contributed by atoms with Gasteiger partial charge in [0, 0.05) is 16.5 Å². The summed E-state index contributed by atoms with van der Waals surface area (Å²) >= 11 is -0.236. The van der Waals surface area contributed by atoms with Gasteiger partial charge in [-0.2, -0.15) is 13.2 Å². The average molecular weight is 445 g/mol. The molecular formula is C22H18F3N3O2S. The Balaban J connectivity index is 1.73. The molecule has 0 unspecified atom stereocenters. The Morgan fingerprint density at radius 2 is 1.77 bits per heavy atom. The second-order valence-electron chi connectivity index (χ2n) is 7.15. The van der Waals surface area contributed by atoms with E-state index < -0.39 is 11.2 Å². The van der Waals surface area contributed by atoms with Crippen LogP contribution in [0.15, 0.2) is 64.4 Å². The van der Waals surface area contributed by atoms with Crippen molar-refractivity contribution >= 4 is 22.7 Å². The third-order valence-corrected chi connectivity index (χ3v) is 5.75. The van der Waals surface area contributed by atoms with Gasteiger partial charge in [-0.3, -0.25) is 9.55 Å². The molecule has 160 valence electrons. The normalized spacial score (nSPS) is 11.9. The van der Waals surface area contributed by atoms with Crippen LogP contribution in [-0.4, -0.2) is 24.7 Å². The SMILES string of the molecule is Cc1ccc2c(Cn3c(C)c(O)n(-c4ccc(SC(F)(F)F)cc4)c3=O)ccnc2c1. The number of nitrogens with zero attached hydrogens (tertiary/aromatic N) is 3. The lowest BCUT2D eigenvalue weighted by molar-refractivity contribution is -0.0328. The Morgan fingerprint density at radius 3 is 2.45 bits per heavy atom. The molecule has 0 aliphatic carbocycles. The molecule has 0 aliphatic heterocycles. The number of benzene rings is 2. The van der Waals surface area contributed by atoms with Crippen molar-refractivity contribution in [3.63, 3.8) is 0 Å². The number of imidazole rings is 1. The summed E-state index contributed by atoms with van der Waals surface area (Å²) in [5, 5.41) is 11.5. The number of thioether (sulfide) groups is 1. The molecule has 0 radical (unpaired) electrons. The van der Waals surface area contributed by atoms with Crippen molar-refractivity contribution in [2.24, 2.45) is 0 Å². The summed E-state index contributed by atoms with van der Waals surface area (Å²) in [6, 6.07) is 13.0. The Kier molecular flexibility index (Phi) is 5.30. The molecule has 5 nitrogen and oxygen atoms in total. The summed E-state index contributed by atoms with van der Waals surface area (Å²) in [4.78, 5) is 17.5. The predicted octanol–water partition coefficient (Wildman–Crippen LogP) is 5.17. The van der Waals surface area contributed by atoms with E-state index in [1.807, 2.05) is 31.2 Å². The molecule has 0 atom stereocenters. The van der Waals surface area contributed by atoms with Crippen LogP contribution in [-0.2, 0) is 6.54 Å². The van der Waals surface area contributed by atoms with E-state index in [-0.39, 0.29) is 34.8 Å². The maximum Gasteiger partial charge on any atom is 0.446 e. The minimum atomic E-state index is -4.40. The van der Waals surface area contributed by atoms with E-state index in [9.17, 15) is 23.1 Å². The quantitative estimate of drug-likeness (QED) is 0.441. The average Bonchev–Trinajstić information content (AvgIpc) is 2.91. The molecule has 4 rings (SSSR count). The lowest BCUT2D eigenvalue weighted by atomic mass is 10.1. The van der Waals surface area contributed by atoms with Gasteiger partial charge in [0.2, 0.25) is 5.88 Å². The molecule has 2 heterocycles. The van der Waals surface area contributed by atoms with E-state index in [0.29, 0.717) is 5.69 Å². The van der Waals surface area contributed by atoms with Crippen LogP contribution in [0, 0.1) is 13.8 Å². The van der Waals surface area contributed by atoms with Gasteiger partial charge in [-0.1, -0.05) is 12.1 Å². The van der Waals surface area contributed by atoms with Crippen molar-refractivity contribution in [1.29, 1.82) is 0 Å². The maximum absolute atomic E-state index is 13.1. The number of alkyl halides is 3. The number of fused-ring (bicyclic) bond motifs is 1. The number of rotatable bonds is 4. The number of halogens is 3. The van der Waals surface area contributed by atoms with Gasteiger partial charge in [-0.05, 0) is 73.1 Å². The molecule has 2 aromatic carbocycles. The Hall–Kier alpha value is -3.20. The van der Waals surface area contributed by atoms with Gasteiger partial charge in [0.25, 0.3) is 0 Å². The highest BCUT2D eigenvalue weighted by Gasteiger charge is 2.29. The van der Waals surface area contributed by atoms with Crippen LogP contribution >= 0.6 is 11.8 Å². The molecule has 0 fully saturated rings. The molecule has 4 aromatic rings. The van der Waals surface area contributed by atoms with E-state index in [1.54, 1.807) is 13.1 Å². The Bertz CT molecular complexity index is 1330. The van der Waals surface area contributed by atoms with Gasteiger partial charge < -0.3 is 5.11 Å². The molecule has 0 spiro atoms. The van der Waals surface area contributed by atoms with E-state index in [4.69, 9.17) is 0 Å². The van der Waals surface area contributed by atoms with Gasteiger partial charge in [0.05, 0.1) is 23.4 Å². The van der Waals surface area contributed by atoms with Crippen molar-refractivity contribution in [3.05, 3.63) is 82.0 Å². The third-order valence-electron chi connectivity index (χ3n) is 5.01. The molecule has 0 amide bonds. The van der Waals surface area contributed by atoms with Crippen LogP contribution in [0.25, 0.3) is 16.6 Å². The highest BCUT2D eigenvalue weighted by molar-refractivity contribution is 8.00. The van der Waals surface area contributed by atoms with Crippen molar-refractivity contribution in [3.8, 4) is 11.6 Å². The second kappa shape index (κ2) is 7.81. The van der Waals surface area contributed by atoms with Gasteiger partial charge in [-0.25, -0.2) is 9.36 Å². The number of hydrogen-bond donors (Lipinski definition) is 1. The number of aryl methyl sites for hydroxylation is 1. The van der Waals surface area contributed by atoms with Crippen LogP contribution in [0.5, 0.6) is 5.88 Å². The van der Waals surface area contributed by atoms with E-state index in [0.717, 1.165) is 26.6 Å². The molecule has 1 N–H and O–H groups in total. The van der Waals surface area contributed by atoms with E-state index in [2.05, 4.69) is 4.98 Å². The zero-order valence-corrected chi connectivity index (χ0v) is 17.5. The molecule has 0 bridgehead atoms. The Morgan fingerprint density at radius 1 is 1.06 bits per heavy atom. The van der Waals surface area contributed by atoms with Crippen molar-refractivity contribution in [2.75, 3.05) is 0 Å². The fraction of sp³-hybridized carbons (Fsp3) is 0.182. The number of hydrogen-bond acceptors (Lipinski definition) is 4. The number of pyridine rings is 1. The first-order valence-corrected chi connectivity index (χ1v) is 10.2. The first kappa shape index (κ1) is 21.0. The van der Waals surface area contributed by atoms with Crippen molar-refractivity contribution in [1.82, 2.24) is 14.1 Å². The predicted molar refractivity (Wildman–Crippen MR) is 114 cm³/mol. The largest absolute Gasteiger partial charge is 0.493 e. The van der Waals surface area contributed by atoms with Crippen LogP contribution in [0.4, 0.5) is 13.2 Å². The molecule has 0 saturated carbocycles. The minimum absolute atomic E-state index is 0.00140. The fourth-order valence-corrected chi connectivity index (χ4v) is 4.02. The van der Waals surface area contributed by atoms with Crippen molar-refractivity contribution < 1.29 is 18.3 Å². The van der Waals surface area contributed by atoms with Gasteiger partial charge in [0.15, 0.2) is 0 Å². The molecule has 31 heavy (non-hydrogen) atoms. The molecule has 2 aromatic heterocycles. The first-order valence-electron chi connectivity index (χ1n) is 9.35. The summed E-state index contributed by atoms with van der Waals surface area (Å²) in [5.74, 6) is -0.254. The van der Waals surface area contributed by atoms with E-state index in [1.165, 1.54) is 28.8 Å². The monoisotopic (exact) mass is 445 g/mol. The van der Waals surface area contributed by atoms with Gasteiger partial charge in [0.1, 0.15) is 0 Å². The molecule has 9 heteroatoms. The maximum atomic E-state index is 13.1. The molecule has 0 aliphatic rings. The highest BCUT2D eigenvalue weighted by Crippen LogP contribution is 2.37. The summed E-state index contributed by atoms with van der Waals surface area (Å²) in [7, 11) is 0. The van der Waals surface area contributed by atoms with Crippen molar-refractivity contribution in [2.45, 2.75) is 30.8 Å². The number of aromatic nitrogens is 3. The third kappa shape index (κ3) is 4.18. The van der Waals surface area contributed by atoms with Gasteiger partial charge in [-0.15, -0.1) is 0 Å². The minimum Gasteiger partial charge on any atom is -0.493 e. The zero-order chi connectivity index (χ0) is 22.3. The summed E-state index contributed by atoms with van der Waals surface area (Å²) in [5.41, 5.74) is -1.49. The summed E-state index contributed by atoms with van der Waals surface area (Å²) < 4.78 is 40.2. The first-order chi connectivity index (χ1) is 14.6. The van der Waals surface area contributed by atoms with Crippen LogP contribution in [0.3, 0.4) is 0 Å². The smallest absolute Gasteiger partial charge is 0.446 e. The molecular weight excluding hydrogens is 427 g/mol. The van der Waals surface area contributed by atoms with Crippen LogP contribution < -0.4 is 5.69 Å². The summed E-state index contributed by atoms with van der Waals surface area (Å²) in [6.45, 7) is 3.81. The summed E-state index contributed by atoms with van der Waals surface area (Å²) in [6.07, 6.45) is 1.67. The second-order valence-corrected chi connectivity index (χ2v) is 8.28. The lowest BCUT2D eigenvalue weighted by Gasteiger charge is -2.08. The molecule has 0 saturated heterocycles. The van der Waals surface area contributed by atoms with Crippen LogP contribution in [0.2, 0.25) is 0 Å².